The predicted octanol–water partition coefficient (Wildman–Crippen LogP) is 3.88. The van der Waals surface area contributed by atoms with Gasteiger partial charge < -0.3 is 14.6 Å². The largest absolute Gasteiger partial charge is 0.512 e. The molecule has 0 aliphatic carbocycles. The standard InChI is InChI=1S/C15H15Cl2NO5/c1-4-23-15(21)10-5-9(16)6-12(13(10)17)18-7-11(8(2)19)14(20)22-3/h5-7,19H,4H2,1-3H3. The van der Waals surface area contributed by atoms with E-state index >= 15 is 0 Å². The van der Waals surface area contributed by atoms with Gasteiger partial charge in [-0.3, -0.25) is 4.99 Å². The fraction of sp³-hybridized carbons (Fsp3) is 0.267. The number of esters is 2. The molecule has 1 aromatic rings. The molecule has 0 radical (unpaired) electrons. The van der Waals surface area contributed by atoms with Gasteiger partial charge in [-0.15, -0.1) is 0 Å². The summed E-state index contributed by atoms with van der Waals surface area (Å²) in [4.78, 5) is 27.3. The minimum atomic E-state index is -0.766. The quantitative estimate of drug-likeness (QED) is 0.373. The minimum Gasteiger partial charge on any atom is -0.512 e. The number of rotatable bonds is 5. The van der Waals surface area contributed by atoms with Crippen LogP contribution in [0.25, 0.3) is 0 Å². The van der Waals surface area contributed by atoms with Gasteiger partial charge in [-0.2, -0.15) is 0 Å². The molecule has 0 amide bonds. The molecule has 0 aliphatic heterocycles. The summed E-state index contributed by atoms with van der Waals surface area (Å²) < 4.78 is 9.41. The Balaban J connectivity index is 3.29. The Morgan fingerprint density at radius 3 is 2.52 bits per heavy atom. The fourth-order valence-corrected chi connectivity index (χ4v) is 2.01. The van der Waals surface area contributed by atoms with E-state index in [-0.39, 0.29) is 39.2 Å². The van der Waals surface area contributed by atoms with Gasteiger partial charge in [0.05, 0.1) is 30.0 Å². The number of carbonyl (C=O) groups is 2. The van der Waals surface area contributed by atoms with E-state index in [4.69, 9.17) is 27.9 Å². The summed E-state index contributed by atoms with van der Waals surface area (Å²) in [6.45, 7) is 3.15. The second-order valence-electron chi connectivity index (χ2n) is 4.26. The van der Waals surface area contributed by atoms with Gasteiger partial charge in [0.2, 0.25) is 0 Å². The zero-order chi connectivity index (χ0) is 17.6. The van der Waals surface area contributed by atoms with Gasteiger partial charge in [0, 0.05) is 11.2 Å². The number of halogens is 2. The molecule has 8 heteroatoms. The number of aliphatic hydroxyl groups excluding tert-OH is 1. The Morgan fingerprint density at radius 1 is 1.35 bits per heavy atom. The van der Waals surface area contributed by atoms with Crippen molar-refractivity contribution in [2.24, 2.45) is 4.99 Å². The molecule has 0 fully saturated rings. The highest BCUT2D eigenvalue weighted by Crippen LogP contribution is 2.32. The molecule has 0 aliphatic rings. The second kappa shape index (κ2) is 8.55. The van der Waals surface area contributed by atoms with Crippen molar-refractivity contribution in [2.75, 3.05) is 13.7 Å². The highest BCUT2D eigenvalue weighted by molar-refractivity contribution is 6.38. The number of benzene rings is 1. The normalized spacial score (nSPS) is 12.0. The number of carbonyl (C=O) groups excluding carboxylic acids is 2. The average Bonchev–Trinajstić information content (AvgIpc) is 2.49. The first kappa shape index (κ1) is 19.0. The number of allylic oxidation sites excluding steroid dienone is 1. The molecular formula is C15H15Cl2NO5. The molecule has 0 unspecified atom stereocenters. The lowest BCUT2D eigenvalue weighted by molar-refractivity contribution is -0.135. The van der Waals surface area contributed by atoms with Gasteiger partial charge >= 0.3 is 11.9 Å². The maximum absolute atomic E-state index is 11.8. The fourth-order valence-electron chi connectivity index (χ4n) is 1.56. The summed E-state index contributed by atoms with van der Waals surface area (Å²) >= 11 is 12.1. The molecular weight excluding hydrogens is 345 g/mol. The molecule has 23 heavy (non-hydrogen) atoms. The van der Waals surface area contributed by atoms with Crippen molar-refractivity contribution in [1.29, 1.82) is 0 Å². The monoisotopic (exact) mass is 359 g/mol. The molecule has 124 valence electrons. The van der Waals surface area contributed by atoms with Crippen molar-refractivity contribution in [3.8, 4) is 0 Å². The maximum Gasteiger partial charge on any atom is 0.342 e. The summed E-state index contributed by atoms with van der Waals surface area (Å²) in [5.41, 5.74) is 0.0450. The molecule has 0 saturated carbocycles. The topological polar surface area (TPSA) is 85.2 Å². The molecule has 1 aromatic carbocycles. The van der Waals surface area contributed by atoms with Crippen molar-refractivity contribution in [2.45, 2.75) is 13.8 Å². The summed E-state index contributed by atoms with van der Waals surface area (Å²) in [7, 11) is 1.17. The van der Waals surface area contributed by atoms with Gasteiger partial charge in [0.15, 0.2) is 0 Å². The van der Waals surface area contributed by atoms with Gasteiger partial charge in [-0.25, -0.2) is 9.59 Å². The Morgan fingerprint density at radius 2 is 2.00 bits per heavy atom. The number of ether oxygens (including phenoxy) is 2. The zero-order valence-corrected chi connectivity index (χ0v) is 14.2. The highest BCUT2D eigenvalue weighted by Gasteiger charge is 2.17. The number of hydrogen-bond donors (Lipinski definition) is 1. The first-order valence-corrected chi connectivity index (χ1v) is 7.25. The van der Waals surface area contributed by atoms with Crippen LogP contribution in [0, 0.1) is 0 Å². The Kier molecular flexibility index (Phi) is 7.06. The molecule has 0 aromatic heterocycles. The molecule has 1 N–H and O–H groups in total. The lowest BCUT2D eigenvalue weighted by atomic mass is 10.2. The minimum absolute atomic E-state index is 0.0175. The van der Waals surface area contributed by atoms with Crippen molar-refractivity contribution in [3.05, 3.63) is 39.1 Å². The van der Waals surface area contributed by atoms with E-state index in [0.717, 1.165) is 6.21 Å². The van der Waals surface area contributed by atoms with E-state index in [1.54, 1.807) is 6.92 Å². The molecule has 0 spiro atoms. The smallest absolute Gasteiger partial charge is 0.342 e. The van der Waals surface area contributed by atoms with E-state index in [0.29, 0.717) is 0 Å². The van der Waals surface area contributed by atoms with E-state index in [1.807, 2.05) is 0 Å². The van der Waals surface area contributed by atoms with Crippen LogP contribution in [-0.4, -0.2) is 37.0 Å². The molecule has 0 atom stereocenters. The van der Waals surface area contributed by atoms with E-state index in [1.165, 1.54) is 26.2 Å². The number of hydrogen-bond acceptors (Lipinski definition) is 6. The van der Waals surface area contributed by atoms with Crippen LogP contribution in [0.5, 0.6) is 0 Å². The van der Waals surface area contributed by atoms with Crippen LogP contribution in [0.1, 0.15) is 24.2 Å². The molecule has 0 saturated heterocycles. The van der Waals surface area contributed by atoms with Crippen LogP contribution in [0.3, 0.4) is 0 Å². The Hall–Kier alpha value is -2.05. The van der Waals surface area contributed by atoms with Gasteiger partial charge in [-0.1, -0.05) is 23.2 Å². The lowest BCUT2D eigenvalue weighted by Crippen LogP contribution is -2.08. The third-order valence-corrected chi connectivity index (χ3v) is 3.26. The number of nitrogens with zero attached hydrogens (tertiary/aromatic N) is 1. The average molecular weight is 360 g/mol. The number of methoxy groups -OCH3 is 1. The van der Waals surface area contributed by atoms with Gasteiger partial charge in [0.1, 0.15) is 11.3 Å². The molecule has 0 heterocycles. The Bertz CT molecular complexity index is 679. The van der Waals surface area contributed by atoms with Crippen molar-refractivity contribution in [1.82, 2.24) is 0 Å². The molecule has 6 nitrogen and oxygen atoms in total. The van der Waals surface area contributed by atoms with Crippen LogP contribution >= 0.6 is 23.2 Å². The van der Waals surface area contributed by atoms with E-state index in [2.05, 4.69) is 9.73 Å². The van der Waals surface area contributed by atoms with Crippen molar-refractivity contribution in [3.63, 3.8) is 0 Å². The van der Waals surface area contributed by atoms with Crippen LogP contribution in [0.15, 0.2) is 28.5 Å². The predicted molar refractivity (Wildman–Crippen MR) is 87.9 cm³/mol. The Labute approximate surface area is 143 Å². The summed E-state index contributed by atoms with van der Waals surface area (Å²) in [5, 5.41) is 9.72. The van der Waals surface area contributed by atoms with Crippen LogP contribution in [0.2, 0.25) is 10.0 Å². The zero-order valence-electron chi connectivity index (χ0n) is 12.7. The van der Waals surface area contributed by atoms with Crippen LogP contribution in [0.4, 0.5) is 5.69 Å². The van der Waals surface area contributed by atoms with Crippen molar-refractivity contribution >= 4 is 47.0 Å². The lowest BCUT2D eigenvalue weighted by Gasteiger charge is -2.07. The van der Waals surface area contributed by atoms with Crippen LogP contribution < -0.4 is 0 Å². The van der Waals surface area contributed by atoms with Crippen LogP contribution in [-0.2, 0) is 14.3 Å². The summed E-state index contributed by atoms with van der Waals surface area (Å²) in [6, 6.07) is 2.76. The third kappa shape index (κ3) is 4.97. The maximum atomic E-state index is 11.8. The van der Waals surface area contributed by atoms with Gasteiger partial charge in [0.25, 0.3) is 0 Å². The van der Waals surface area contributed by atoms with Crippen molar-refractivity contribution < 1.29 is 24.2 Å². The summed E-state index contributed by atoms with van der Waals surface area (Å²) in [6.07, 6.45) is 1.08. The van der Waals surface area contributed by atoms with E-state index < -0.39 is 11.9 Å². The SMILES string of the molecule is CCOC(=O)c1cc(Cl)cc(N=CC(C(=O)OC)=C(C)O)c1Cl. The highest BCUT2D eigenvalue weighted by atomic mass is 35.5. The molecule has 1 rings (SSSR count). The van der Waals surface area contributed by atoms with Gasteiger partial charge in [-0.05, 0) is 26.0 Å². The second-order valence-corrected chi connectivity index (χ2v) is 5.07. The first-order valence-electron chi connectivity index (χ1n) is 6.50. The third-order valence-electron chi connectivity index (χ3n) is 2.64. The van der Waals surface area contributed by atoms with E-state index in [9.17, 15) is 14.7 Å². The molecule has 0 bridgehead atoms. The number of aliphatic imine (C=N–C) groups is 1. The summed E-state index contributed by atoms with van der Waals surface area (Å²) in [5.74, 6) is -1.68. The number of aliphatic hydroxyl groups is 1. The first-order chi connectivity index (χ1) is 10.8.